The maximum Gasteiger partial charge on any atom is 0.294 e. The Hall–Kier alpha value is -6.70. The van der Waals surface area contributed by atoms with Gasteiger partial charge in [0.15, 0.2) is 0 Å². The number of nitrogens with one attached hydrogen (secondary N) is 2. The van der Waals surface area contributed by atoms with Gasteiger partial charge in [0, 0.05) is 44.3 Å². The van der Waals surface area contributed by atoms with Crippen LogP contribution in [0.5, 0.6) is 0 Å². The first kappa shape index (κ1) is 35.0. The van der Waals surface area contributed by atoms with Crippen molar-refractivity contribution in [2.45, 2.75) is 9.79 Å². The molecule has 3 aromatic heterocycles. The molecule has 0 atom stereocenters. The van der Waals surface area contributed by atoms with E-state index in [0.717, 1.165) is 33.3 Å². The van der Waals surface area contributed by atoms with E-state index in [9.17, 15) is 25.9 Å². The molecule has 4 N–H and O–H groups in total. The lowest BCUT2D eigenvalue weighted by Crippen LogP contribution is -1.97. The molecule has 0 fully saturated rings. The van der Waals surface area contributed by atoms with E-state index in [2.05, 4.69) is 9.97 Å². The van der Waals surface area contributed by atoms with Crippen molar-refractivity contribution >= 4 is 66.6 Å². The largest absolute Gasteiger partial charge is 0.354 e. The fraction of sp³-hybridized carbons (Fsp3) is 0. The van der Waals surface area contributed by atoms with E-state index < -0.39 is 20.2 Å². The number of aromatic nitrogens is 4. The summed E-state index contributed by atoms with van der Waals surface area (Å²) in [5.41, 5.74) is 11.8. The van der Waals surface area contributed by atoms with Gasteiger partial charge in [0.1, 0.15) is 0 Å². The summed E-state index contributed by atoms with van der Waals surface area (Å²) in [5, 5.41) is 0. The van der Waals surface area contributed by atoms with Gasteiger partial charge in [-0.25, -0.2) is 9.97 Å². The Balaban J connectivity index is 1.44. The van der Waals surface area contributed by atoms with Gasteiger partial charge in [-0.2, -0.15) is 16.8 Å². The fourth-order valence-electron chi connectivity index (χ4n) is 7.22. The molecule has 274 valence electrons. The maximum absolute atomic E-state index is 12.0. The predicted molar refractivity (Wildman–Crippen MR) is 220 cm³/mol. The third kappa shape index (κ3) is 6.46. The minimum absolute atomic E-state index is 0.241. The van der Waals surface area contributed by atoms with Gasteiger partial charge < -0.3 is 9.97 Å². The van der Waals surface area contributed by atoms with Crippen molar-refractivity contribution in [2.75, 3.05) is 0 Å². The monoisotopic (exact) mass is 774 g/mol. The van der Waals surface area contributed by atoms with Gasteiger partial charge in [-0.05, 0) is 95.1 Å². The minimum Gasteiger partial charge on any atom is -0.354 e. The van der Waals surface area contributed by atoms with Gasteiger partial charge in [-0.3, -0.25) is 9.11 Å². The molecule has 9 rings (SSSR count). The molecule has 0 saturated heterocycles. The first-order valence-corrected chi connectivity index (χ1v) is 20.3. The average molecular weight is 775 g/mol. The molecule has 12 heteroatoms. The topological polar surface area (TPSA) is 166 Å². The van der Waals surface area contributed by atoms with E-state index in [1.54, 1.807) is 24.3 Å². The molecule has 0 saturated carbocycles. The molecular weight excluding hydrogens is 745 g/mol. The third-order valence-corrected chi connectivity index (χ3v) is 11.5. The van der Waals surface area contributed by atoms with E-state index >= 15 is 0 Å². The van der Waals surface area contributed by atoms with E-state index in [1.165, 1.54) is 24.3 Å². The lowest BCUT2D eigenvalue weighted by Gasteiger charge is -2.07. The number of benzene rings is 4. The smallest absolute Gasteiger partial charge is 0.294 e. The van der Waals surface area contributed by atoms with Gasteiger partial charge in [-0.15, -0.1) is 0 Å². The summed E-state index contributed by atoms with van der Waals surface area (Å²) in [5.74, 6) is 0. The SMILES string of the molecule is O=S(=O)(O)c1ccc(-c2c3nc(c(-c4ccccc4)c4ccc([nH]4)c(-c4ccccc4)c4nc(c(-c5ccc(S(=O)(=O)O)cc5)c5ccc2[nH]5)C=C4)C=C3)cc1. The molecular formula is C44H30N4O6S2. The molecule has 0 radical (unpaired) electrons. The Morgan fingerprint density at radius 1 is 0.357 bits per heavy atom. The van der Waals surface area contributed by atoms with E-state index in [-0.39, 0.29) is 9.79 Å². The van der Waals surface area contributed by atoms with Crippen LogP contribution in [0.25, 0.3) is 90.9 Å². The zero-order valence-corrected chi connectivity index (χ0v) is 30.9. The first-order valence-electron chi connectivity index (χ1n) is 17.4. The van der Waals surface area contributed by atoms with Gasteiger partial charge in [0.2, 0.25) is 0 Å². The summed E-state index contributed by atoms with van der Waals surface area (Å²) in [6.07, 6.45) is 7.73. The second-order valence-electron chi connectivity index (χ2n) is 13.2. The third-order valence-electron chi connectivity index (χ3n) is 9.76. The number of aromatic amines is 2. The number of hydrogen-bond donors (Lipinski definition) is 4. The molecule has 8 bridgehead atoms. The number of H-pyrrole nitrogens is 2. The molecule has 0 aliphatic carbocycles. The van der Waals surface area contributed by atoms with Crippen LogP contribution in [0.3, 0.4) is 0 Å². The molecule has 0 amide bonds. The molecule has 7 aromatic rings. The van der Waals surface area contributed by atoms with Crippen LogP contribution in [0.4, 0.5) is 0 Å². The molecule has 2 aliphatic heterocycles. The van der Waals surface area contributed by atoms with Gasteiger partial charge >= 0.3 is 0 Å². The molecule has 2 aliphatic rings. The highest BCUT2D eigenvalue weighted by Crippen LogP contribution is 2.38. The minimum atomic E-state index is -4.44. The summed E-state index contributed by atoms with van der Waals surface area (Å²) in [7, 11) is -8.88. The van der Waals surface area contributed by atoms with Gasteiger partial charge in [0.25, 0.3) is 20.2 Å². The lowest BCUT2D eigenvalue weighted by molar-refractivity contribution is 0.481. The summed E-state index contributed by atoms with van der Waals surface area (Å²) in [6.45, 7) is 0. The van der Waals surface area contributed by atoms with Crippen molar-refractivity contribution in [1.29, 1.82) is 0 Å². The Kier molecular flexibility index (Phi) is 8.48. The Bertz CT molecular complexity index is 2940. The summed E-state index contributed by atoms with van der Waals surface area (Å²) in [6, 6.07) is 39.7. The molecule has 0 unspecified atom stereocenters. The zero-order chi connectivity index (χ0) is 38.6. The average Bonchev–Trinajstić information content (AvgIpc) is 4.03. The number of nitrogens with zero attached hydrogens (tertiary/aromatic N) is 2. The number of fused-ring (bicyclic) bond motifs is 8. The second kappa shape index (κ2) is 13.6. The lowest BCUT2D eigenvalue weighted by atomic mass is 10.0. The van der Waals surface area contributed by atoms with Crippen molar-refractivity contribution in [3.63, 3.8) is 0 Å². The molecule has 4 aromatic carbocycles. The van der Waals surface area contributed by atoms with Crippen molar-refractivity contribution < 1.29 is 25.9 Å². The van der Waals surface area contributed by atoms with Crippen LogP contribution in [0.2, 0.25) is 0 Å². The Morgan fingerprint density at radius 3 is 0.893 bits per heavy atom. The van der Waals surface area contributed by atoms with Crippen LogP contribution >= 0.6 is 0 Å². The summed E-state index contributed by atoms with van der Waals surface area (Å²) < 4.78 is 67.4. The summed E-state index contributed by atoms with van der Waals surface area (Å²) in [4.78, 5) is 17.2. The van der Waals surface area contributed by atoms with Gasteiger partial charge in [-0.1, -0.05) is 84.9 Å². The molecule has 0 spiro atoms. The van der Waals surface area contributed by atoms with E-state index in [4.69, 9.17) is 9.97 Å². The number of rotatable bonds is 6. The maximum atomic E-state index is 12.0. The van der Waals surface area contributed by atoms with Gasteiger partial charge in [0.05, 0.1) is 32.6 Å². The Labute approximate surface area is 321 Å². The van der Waals surface area contributed by atoms with Crippen LogP contribution in [0.15, 0.2) is 143 Å². The number of hydrogen-bond acceptors (Lipinski definition) is 6. The highest BCUT2D eigenvalue weighted by atomic mass is 32.2. The van der Waals surface area contributed by atoms with Crippen molar-refractivity contribution in [3.05, 3.63) is 156 Å². The zero-order valence-electron chi connectivity index (χ0n) is 29.2. The van der Waals surface area contributed by atoms with Crippen LogP contribution in [0, 0.1) is 0 Å². The van der Waals surface area contributed by atoms with Crippen LogP contribution in [-0.4, -0.2) is 45.9 Å². The van der Waals surface area contributed by atoms with Crippen molar-refractivity contribution in [2.24, 2.45) is 0 Å². The van der Waals surface area contributed by atoms with Crippen molar-refractivity contribution in [3.8, 4) is 44.5 Å². The Morgan fingerprint density at radius 2 is 0.625 bits per heavy atom. The quantitative estimate of drug-likeness (QED) is 0.121. The van der Waals surface area contributed by atoms with Crippen LogP contribution in [0.1, 0.15) is 22.8 Å². The summed E-state index contributed by atoms with van der Waals surface area (Å²) >= 11 is 0. The first-order chi connectivity index (χ1) is 27.0. The highest BCUT2D eigenvalue weighted by molar-refractivity contribution is 7.86. The second-order valence-corrected chi connectivity index (χ2v) is 16.1. The fourth-order valence-corrected chi connectivity index (χ4v) is 8.18. The highest BCUT2D eigenvalue weighted by Gasteiger charge is 2.20. The molecule has 10 nitrogen and oxygen atoms in total. The molecule has 5 heterocycles. The predicted octanol–water partition coefficient (Wildman–Crippen LogP) is 9.82. The molecule has 56 heavy (non-hydrogen) atoms. The van der Waals surface area contributed by atoms with Crippen LogP contribution in [-0.2, 0) is 20.2 Å². The van der Waals surface area contributed by atoms with Crippen LogP contribution < -0.4 is 0 Å². The van der Waals surface area contributed by atoms with Crippen molar-refractivity contribution in [1.82, 2.24) is 19.9 Å². The van der Waals surface area contributed by atoms with E-state index in [0.29, 0.717) is 56.1 Å². The normalized spacial score (nSPS) is 12.6. The standard InChI is InChI=1S/C44H30N4O6S2/c49-55(50,51)31-15-11-29(12-16-31)43-37-23-21-35(46-37)41(27-7-3-1-4-8-27)33-19-20-34(45-33)42(28-9-5-2-6-10-28)36-22-24-38(47-36)44(40-26-25-39(43)48-40)30-13-17-32(18-14-30)56(52,53)54/h1-26,45,48H,(H,49,50,51)(H,52,53,54). The van der Waals surface area contributed by atoms with E-state index in [1.807, 2.05) is 109 Å².